The molecule has 62 valence electrons. The largest absolute Gasteiger partial charge is 0.228 e. The number of thiazole rings is 1. The van der Waals surface area contributed by atoms with Gasteiger partial charge in [0, 0.05) is 4.88 Å². The minimum atomic E-state index is 0.961. The van der Waals surface area contributed by atoms with Gasteiger partial charge >= 0.3 is 0 Å². The fourth-order valence-corrected chi connectivity index (χ4v) is 3.39. The summed E-state index contributed by atoms with van der Waals surface area (Å²) in [6, 6.07) is 4.14. The highest BCUT2D eigenvalue weighted by atomic mass is 79.9. The second-order valence-corrected chi connectivity index (χ2v) is 5.78. The van der Waals surface area contributed by atoms with Crippen LogP contribution < -0.4 is 0 Å². The molecule has 0 aliphatic heterocycles. The van der Waals surface area contributed by atoms with Crippen molar-refractivity contribution in [2.75, 3.05) is 0 Å². The topological polar surface area (TPSA) is 12.9 Å². The molecule has 0 aromatic carbocycles. The molecule has 0 N–H and O–H groups in total. The van der Waals surface area contributed by atoms with Crippen molar-refractivity contribution < 1.29 is 0 Å². The third kappa shape index (κ3) is 1.46. The van der Waals surface area contributed by atoms with Crippen LogP contribution in [0.3, 0.4) is 0 Å². The Hall–Kier alpha value is -0.190. The van der Waals surface area contributed by atoms with Crippen LogP contribution in [0.1, 0.15) is 4.88 Å². The van der Waals surface area contributed by atoms with Crippen molar-refractivity contribution in [1.82, 2.24) is 4.98 Å². The van der Waals surface area contributed by atoms with Gasteiger partial charge in [-0.05, 0) is 34.3 Å². The van der Waals surface area contributed by atoms with Crippen LogP contribution in [0.2, 0.25) is 0 Å². The van der Waals surface area contributed by atoms with Crippen LogP contribution >= 0.6 is 38.6 Å². The molecule has 0 atom stereocenters. The Kier molecular flexibility index (Phi) is 2.30. The zero-order valence-electron chi connectivity index (χ0n) is 6.37. The molecule has 0 saturated heterocycles. The van der Waals surface area contributed by atoms with E-state index >= 15 is 0 Å². The van der Waals surface area contributed by atoms with Gasteiger partial charge in [0.15, 0.2) is 3.92 Å². The molecular formula is C8H6BrNS2. The summed E-state index contributed by atoms with van der Waals surface area (Å²) in [5, 5.41) is 2.07. The van der Waals surface area contributed by atoms with Crippen molar-refractivity contribution in [3.05, 3.63) is 26.3 Å². The number of aromatic nitrogens is 1. The highest BCUT2D eigenvalue weighted by Crippen LogP contribution is 2.32. The zero-order valence-corrected chi connectivity index (χ0v) is 9.59. The molecule has 2 aromatic rings. The number of halogens is 1. The van der Waals surface area contributed by atoms with Crippen molar-refractivity contribution in [3.8, 4) is 10.6 Å². The maximum absolute atomic E-state index is 4.40. The van der Waals surface area contributed by atoms with E-state index in [2.05, 4.69) is 39.3 Å². The molecule has 1 nitrogen and oxygen atoms in total. The maximum atomic E-state index is 4.40. The molecule has 0 unspecified atom stereocenters. The Balaban J connectivity index is 2.54. The average Bonchev–Trinajstić information content (AvgIpc) is 2.58. The van der Waals surface area contributed by atoms with Crippen LogP contribution in [0, 0.1) is 6.92 Å². The van der Waals surface area contributed by atoms with E-state index in [1.54, 1.807) is 22.7 Å². The Morgan fingerprint density at radius 1 is 1.50 bits per heavy atom. The van der Waals surface area contributed by atoms with Gasteiger partial charge < -0.3 is 0 Å². The van der Waals surface area contributed by atoms with Crippen LogP contribution in [-0.2, 0) is 0 Å². The van der Waals surface area contributed by atoms with Crippen molar-refractivity contribution in [2.24, 2.45) is 0 Å². The highest BCUT2D eigenvalue weighted by molar-refractivity contribution is 9.11. The third-order valence-electron chi connectivity index (χ3n) is 1.53. The number of thiophene rings is 1. The molecule has 0 aliphatic carbocycles. The normalized spacial score (nSPS) is 10.5. The number of hydrogen-bond acceptors (Lipinski definition) is 3. The first-order valence-corrected chi connectivity index (χ1v) is 5.93. The predicted octanol–water partition coefficient (Wildman–Crippen LogP) is 3.94. The first-order valence-electron chi connectivity index (χ1n) is 3.44. The lowest BCUT2D eigenvalue weighted by atomic mass is 10.3. The fourth-order valence-electron chi connectivity index (χ4n) is 1.01. The third-order valence-corrected chi connectivity index (χ3v) is 3.82. The molecule has 2 aromatic heterocycles. The summed E-state index contributed by atoms with van der Waals surface area (Å²) >= 11 is 6.79. The van der Waals surface area contributed by atoms with E-state index in [1.165, 1.54) is 9.75 Å². The molecule has 0 saturated carbocycles. The molecule has 0 fully saturated rings. The zero-order chi connectivity index (χ0) is 8.55. The minimum Gasteiger partial charge on any atom is -0.228 e. The summed E-state index contributed by atoms with van der Waals surface area (Å²) < 4.78 is 0.961. The minimum absolute atomic E-state index is 0.961. The number of rotatable bonds is 1. The highest BCUT2D eigenvalue weighted by Gasteiger charge is 2.07. The second kappa shape index (κ2) is 3.28. The Morgan fingerprint density at radius 3 is 2.83 bits per heavy atom. The van der Waals surface area contributed by atoms with E-state index in [4.69, 9.17) is 0 Å². The molecule has 2 heterocycles. The van der Waals surface area contributed by atoms with Crippen molar-refractivity contribution in [2.45, 2.75) is 6.92 Å². The summed E-state index contributed by atoms with van der Waals surface area (Å²) in [4.78, 5) is 6.91. The molecule has 0 radical (unpaired) electrons. The van der Waals surface area contributed by atoms with Crippen LogP contribution in [0.5, 0.6) is 0 Å². The van der Waals surface area contributed by atoms with Gasteiger partial charge in [0.2, 0.25) is 0 Å². The molecule has 2 rings (SSSR count). The molecule has 4 heteroatoms. The first-order chi connectivity index (χ1) is 5.77. The summed E-state index contributed by atoms with van der Waals surface area (Å²) in [5.74, 6) is 0. The lowest BCUT2D eigenvalue weighted by Crippen LogP contribution is -1.73. The van der Waals surface area contributed by atoms with Crippen molar-refractivity contribution in [3.63, 3.8) is 0 Å². The van der Waals surface area contributed by atoms with E-state index in [-0.39, 0.29) is 0 Å². The number of nitrogens with zero attached hydrogens (tertiary/aromatic N) is 1. The van der Waals surface area contributed by atoms with Crippen molar-refractivity contribution in [1.29, 1.82) is 0 Å². The Morgan fingerprint density at radius 2 is 2.33 bits per heavy atom. The van der Waals surface area contributed by atoms with Crippen LogP contribution in [0.4, 0.5) is 0 Å². The smallest absolute Gasteiger partial charge is 0.160 e. The van der Waals surface area contributed by atoms with Gasteiger partial charge in [-0.15, -0.1) is 22.7 Å². The second-order valence-electron chi connectivity index (χ2n) is 2.35. The van der Waals surface area contributed by atoms with Crippen LogP contribution in [-0.4, -0.2) is 4.98 Å². The number of hydrogen-bond donors (Lipinski definition) is 0. The maximum Gasteiger partial charge on any atom is 0.160 e. The summed E-state index contributed by atoms with van der Waals surface area (Å²) in [6.07, 6.45) is 0. The first kappa shape index (κ1) is 8.41. The van der Waals surface area contributed by atoms with Gasteiger partial charge in [0.1, 0.15) is 0 Å². The molecule has 0 amide bonds. The monoisotopic (exact) mass is 259 g/mol. The van der Waals surface area contributed by atoms with E-state index in [0.29, 0.717) is 0 Å². The van der Waals surface area contributed by atoms with Gasteiger partial charge in [-0.2, -0.15) is 0 Å². The van der Waals surface area contributed by atoms with E-state index in [1.807, 2.05) is 6.07 Å². The SMILES string of the molecule is Cc1sc(Br)nc1-c1cccs1. The summed E-state index contributed by atoms with van der Waals surface area (Å²) in [5.41, 5.74) is 1.11. The molecule has 0 bridgehead atoms. The lowest BCUT2D eigenvalue weighted by molar-refractivity contribution is 1.36. The van der Waals surface area contributed by atoms with E-state index in [0.717, 1.165) is 9.61 Å². The quantitative estimate of drug-likeness (QED) is 0.756. The van der Waals surface area contributed by atoms with Gasteiger partial charge in [-0.3, -0.25) is 0 Å². The van der Waals surface area contributed by atoms with Crippen LogP contribution in [0.15, 0.2) is 21.4 Å². The Bertz CT molecular complexity index is 378. The van der Waals surface area contributed by atoms with E-state index in [9.17, 15) is 0 Å². The van der Waals surface area contributed by atoms with Gasteiger partial charge in [0.05, 0.1) is 10.6 Å². The molecular weight excluding hydrogens is 254 g/mol. The fraction of sp³-hybridized carbons (Fsp3) is 0.125. The number of aryl methyl sites for hydroxylation is 1. The molecule has 0 aliphatic rings. The van der Waals surface area contributed by atoms with Gasteiger partial charge in [0.25, 0.3) is 0 Å². The summed E-state index contributed by atoms with van der Waals surface area (Å²) in [7, 11) is 0. The molecule has 0 spiro atoms. The van der Waals surface area contributed by atoms with Crippen LogP contribution in [0.25, 0.3) is 10.6 Å². The predicted molar refractivity (Wildman–Crippen MR) is 57.9 cm³/mol. The Labute approximate surface area is 87.2 Å². The van der Waals surface area contributed by atoms with Gasteiger partial charge in [-0.25, -0.2) is 4.98 Å². The average molecular weight is 260 g/mol. The van der Waals surface area contributed by atoms with Gasteiger partial charge in [-0.1, -0.05) is 6.07 Å². The summed E-state index contributed by atoms with van der Waals surface area (Å²) in [6.45, 7) is 2.09. The van der Waals surface area contributed by atoms with Crippen molar-refractivity contribution >= 4 is 38.6 Å². The molecule has 12 heavy (non-hydrogen) atoms. The van der Waals surface area contributed by atoms with E-state index < -0.39 is 0 Å². The standard InChI is InChI=1S/C8H6BrNS2/c1-5-7(10-8(9)12-5)6-3-2-4-11-6/h2-4H,1H3. The lowest BCUT2D eigenvalue weighted by Gasteiger charge is -1.89.